The van der Waals surface area contributed by atoms with Gasteiger partial charge in [0.1, 0.15) is 0 Å². The summed E-state index contributed by atoms with van der Waals surface area (Å²) in [7, 11) is 3.41. The number of hydrogen-bond donors (Lipinski definition) is 2. The van der Waals surface area contributed by atoms with Crippen LogP contribution in [0.2, 0.25) is 0 Å². The molecule has 0 aromatic heterocycles. The number of anilines is 1. The molecular formula is C13H19N3O2. The maximum atomic E-state index is 11.8. The van der Waals surface area contributed by atoms with Gasteiger partial charge in [0.05, 0.1) is 0 Å². The number of carbonyl (C=O) groups is 2. The molecule has 18 heavy (non-hydrogen) atoms. The Balaban J connectivity index is 2.86. The van der Waals surface area contributed by atoms with E-state index in [0.717, 1.165) is 5.56 Å². The zero-order valence-corrected chi connectivity index (χ0v) is 11.0. The van der Waals surface area contributed by atoms with E-state index < -0.39 is 0 Å². The fraction of sp³-hybridized carbons (Fsp3) is 0.385. The lowest BCUT2D eigenvalue weighted by Crippen LogP contribution is -2.22. The van der Waals surface area contributed by atoms with Gasteiger partial charge in [0, 0.05) is 38.3 Å². The van der Waals surface area contributed by atoms with Gasteiger partial charge in [-0.15, -0.1) is 0 Å². The zero-order chi connectivity index (χ0) is 13.7. The van der Waals surface area contributed by atoms with Gasteiger partial charge in [-0.3, -0.25) is 9.59 Å². The van der Waals surface area contributed by atoms with Crippen molar-refractivity contribution in [2.24, 2.45) is 5.73 Å². The van der Waals surface area contributed by atoms with E-state index in [0.29, 0.717) is 17.8 Å². The molecule has 1 aromatic carbocycles. The smallest absolute Gasteiger partial charge is 0.253 e. The molecule has 0 aliphatic rings. The normalized spacial score (nSPS) is 10.0. The average molecular weight is 249 g/mol. The Morgan fingerprint density at radius 1 is 1.33 bits per heavy atom. The Morgan fingerprint density at radius 3 is 2.50 bits per heavy atom. The van der Waals surface area contributed by atoms with E-state index in [9.17, 15) is 9.59 Å². The number of carbonyl (C=O) groups excluding carboxylic acids is 2. The predicted octanol–water partition coefficient (Wildman–Crippen LogP) is 0.984. The molecule has 5 heteroatoms. The van der Waals surface area contributed by atoms with Crippen molar-refractivity contribution in [2.45, 2.75) is 13.3 Å². The SMILES string of the molecule is Cc1cc(NC(=O)CCN)ccc1C(=O)N(C)C. The topological polar surface area (TPSA) is 75.4 Å². The van der Waals surface area contributed by atoms with E-state index in [-0.39, 0.29) is 18.2 Å². The zero-order valence-electron chi connectivity index (χ0n) is 11.0. The Bertz CT molecular complexity index is 456. The Labute approximate surface area is 107 Å². The molecule has 98 valence electrons. The molecule has 0 radical (unpaired) electrons. The molecule has 0 unspecified atom stereocenters. The molecule has 5 nitrogen and oxygen atoms in total. The van der Waals surface area contributed by atoms with Crippen LogP contribution < -0.4 is 11.1 Å². The molecule has 0 bridgehead atoms. The second kappa shape index (κ2) is 6.16. The molecular weight excluding hydrogens is 230 g/mol. The highest BCUT2D eigenvalue weighted by Gasteiger charge is 2.11. The first-order chi connectivity index (χ1) is 8.45. The first-order valence-corrected chi connectivity index (χ1v) is 5.78. The lowest BCUT2D eigenvalue weighted by molar-refractivity contribution is -0.116. The van der Waals surface area contributed by atoms with Crippen molar-refractivity contribution in [3.8, 4) is 0 Å². The van der Waals surface area contributed by atoms with Crippen LogP contribution in [0.25, 0.3) is 0 Å². The average Bonchev–Trinajstić information content (AvgIpc) is 2.28. The molecule has 0 aliphatic carbocycles. The number of aryl methyl sites for hydroxylation is 1. The van der Waals surface area contributed by atoms with Crippen LogP contribution in [0.15, 0.2) is 18.2 Å². The first kappa shape index (κ1) is 14.2. The van der Waals surface area contributed by atoms with Crippen LogP contribution in [0.4, 0.5) is 5.69 Å². The van der Waals surface area contributed by atoms with E-state index >= 15 is 0 Å². The molecule has 1 rings (SSSR count). The van der Waals surface area contributed by atoms with Gasteiger partial charge in [0.2, 0.25) is 5.91 Å². The fourth-order valence-corrected chi connectivity index (χ4v) is 1.58. The van der Waals surface area contributed by atoms with Crippen molar-refractivity contribution < 1.29 is 9.59 Å². The van der Waals surface area contributed by atoms with Crippen LogP contribution in [0.5, 0.6) is 0 Å². The Morgan fingerprint density at radius 2 is 2.00 bits per heavy atom. The second-order valence-electron chi connectivity index (χ2n) is 4.32. The highest BCUT2D eigenvalue weighted by molar-refractivity contribution is 5.97. The highest BCUT2D eigenvalue weighted by Crippen LogP contribution is 2.16. The quantitative estimate of drug-likeness (QED) is 0.835. The molecule has 0 atom stereocenters. The van der Waals surface area contributed by atoms with Gasteiger partial charge in [0.15, 0.2) is 0 Å². The Kier molecular flexibility index (Phi) is 4.85. The maximum absolute atomic E-state index is 11.8. The van der Waals surface area contributed by atoms with Crippen molar-refractivity contribution >= 4 is 17.5 Å². The fourth-order valence-electron chi connectivity index (χ4n) is 1.58. The minimum atomic E-state index is -0.122. The van der Waals surface area contributed by atoms with Crippen molar-refractivity contribution in [1.82, 2.24) is 4.90 Å². The van der Waals surface area contributed by atoms with Crippen LogP contribution in [0.3, 0.4) is 0 Å². The van der Waals surface area contributed by atoms with Crippen LogP contribution in [-0.2, 0) is 4.79 Å². The summed E-state index contributed by atoms with van der Waals surface area (Å²) in [6, 6.07) is 5.22. The van der Waals surface area contributed by atoms with Gasteiger partial charge in [-0.05, 0) is 30.7 Å². The van der Waals surface area contributed by atoms with Crippen LogP contribution in [0, 0.1) is 6.92 Å². The minimum absolute atomic E-state index is 0.0488. The largest absolute Gasteiger partial charge is 0.345 e. The van der Waals surface area contributed by atoms with E-state index in [2.05, 4.69) is 5.32 Å². The number of amides is 2. The molecule has 0 aliphatic heterocycles. The summed E-state index contributed by atoms with van der Waals surface area (Å²) in [6.07, 6.45) is 0.289. The number of rotatable bonds is 4. The van der Waals surface area contributed by atoms with Gasteiger partial charge in [-0.1, -0.05) is 0 Å². The van der Waals surface area contributed by atoms with Crippen molar-refractivity contribution in [2.75, 3.05) is 26.0 Å². The van der Waals surface area contributed by atoms with Crippen LogP contribution in [-0.4, -0.2) is 37.4 Å². The lowest BCUT2D eigenvalue weighted by Gasteiger charge is -2.13. The number of nitrogens with two attached hydrogens (primary N) is 1. The van der Waals surface area contributed by atoms with E-state index in [4.69, 9.17) is 5.73 Å². The van der Waals surface area contributed by atoms with E-state index in [1.165, 1.54) is 4.90 Å². The summed E-state index contributed by atoms with van der Waals surface area (Å²) >= 11 is 0. The standard InChI is InChI=1S/C13H19N3O2/c1-9-8-10(15-12(17)6-7-14)4-5-11(9)13(18)16(2)3/h4-5,8H,6-7,14H2,1-3H3,(H,15,17). The summed E-state index contributed by atoms with van der Waals surface area (Å²) in [5.41, 5.74) is 7.45. The minimum Gasteiger partial charge on any atom is -0.345 e. The summed E-state index contributed by atoms with van der Waals surface area (Å²) in [4.78, 5) is 24.7. The third-order valence-corrected chi connectivity index (χ3v) is 2.52. The van der Waals surface area contributed by atoms with Crippen molar-refractivity contribution in [3.05, 3.63) is 29.3 Å². The summed E-state index contributed by atoms with van der Waals surface area (Å²) < 4.78 is 0. The van der Waals surface area contributed by atoms with Gasteiger partial charge in [0.25, 0.3) is 5.91 Å². The molecule has 0 saturated carbocycles. The number of benzene rings is 1. The predicted molar refractivity (Wildman–Crippen MR) is 71.5 cm³/mol. The summed E-state index contributed by atoms with van der Waals surface area (Å²) in [5.74, 6) is -0.170. The van der Waals surface area contributed by atoms with Gasteiger partial charge in [-0.2, -0.15) is 0 Å². The molecule has 0 fully saturated rings. The molecule has 1 aromatic rings. The second-order valence-corrected chi connectivity index (χ2v) is 4.32. The monoisotopic (exact) mass is 249 g/mol. The molecule has 0 spiro atoms. The van der Waals surface area contributed by atoms with Crippen LogP contribution in [0.1, 0.15) is 22.3 Å². The van der Waals surface area contributed by atoms with E-state index in [1.807, 2.05) is 6.92 Å². The third kappa shape index (κ3) is 3.56. The number of nitrogens with zero attached hydrogens (tertiary/aromatic N) is 1. The highest BCUT2D eigenvalue weighted by atomic mass is 16.2. The molecule has 2 amide bonds. The lowest BCUT2D eigenvalue weighted by atomic mass is 10.1. The Hall–Kier alpha value is -1.88. The van der Waals surface area contributed by atoms with Crippen LogP contribution >= 0.6 is 0 Å². The van der Waals surface area contributed by atoms with E-state index in [1.54, 1.807) is 32.3 Å². The van der Waals surface area contributed by atoms with Gasteiger partial charge >= 0.3 is 0 Å². The summed E-state index contributed by atoms with van der Waals surface area (Å²) in [6.45, 7) is 2.16. The first-order valence-electron chi connectivity index (χ1n) is 5.78. The molecule has 0 saturated heterocycles. The van der Waals surface area contributed by atoms with Gasteiger partial charge < -0.3 is 16.0 Å². The van der Waals surface area contributed by atoms with Crippen molar-refractivity contribution in [1.29, 1.82) is 0 Å². The number of hydrogen-bond acceptors (Lipinski definition) is 3. The molecule has 0 heterocycles. The number of nitrogens with one attached hydrogen (secondary N) is 1. The third-order valence-electron chi connectivity index (χ3n) is 2.52. The maximum Gasteiger partial charge on any atom is 0.253 e. The molecule has 3 N–H and O–H groups in total. The van der Waals surface area contributed by atoms with Crippen molar-refractivity contribution in [3.63, 3.8) is 0 Å². The van der Waals surface area contributed by atoms with Gasteiger partial charge in [-0.25, -0.2) is 0 Å². The summed E-state index contributed by atoms with van der Waals surface area (Å²) in [5, 5.41) is 2.74.